The zero-order valence-electron chi connectivity index (χ0n) is 13.0. The number of carbonyl (C=O) groups excluding carboxylic acids is 1. The average molecular weight is 343 g/mol. The van der Waals surface area contributed by atoms with E-state index in [0.717, 1.165) is 16.5 Å². The first-order chi connectivity index (χ1) is 11.6. The summed E-state index contributed by atoms with van der Waals surface area (Å²) < 4.78 is 15.9. The maximum atomic E-state index is 11.9. The van der Waals surface area contributed by atoms with E-state index in [1.54, 1.807) is 43.5 Å². The highest BCUT2D eigenvalue weighted by Crippen LogP contribution is 2.25. The predicted octanol–water partition coefficient (Wildman–Crippen LogP) is 4.49. The molecule has 5 heteroatoms. The molecular formula is C19H15ClO4. The number of benzene rings is 3. The highest BCUT2D eigenvalue weighted by Gasteiger charge is 2.07. The van der Waals surface area contributed by atoms with E-state index in [1.807, 2.05) is 24.3 Å². The molecule has 0 aliphatic heterocycles. The lowest BCUT2D eigenvalue weighted by Gasteiger charge is -2.08. The molecule has 0 atom stereocenters. The Morgan fingerprint density at radius 1 is 0.875 bits per heavy atom. The minimum absolute atomic E-state index is 0.183. The third kappa shape index (κ3) is 3.97. The highest BCUT2D eigenvalue weighted by atomic mass is 35.5. The lowest BCUT2D eigenvalue weighted by molar-refractivity contribution is -0.136. The molecule has 0 saturated heterocycles. The van der Waals surface area contributed by atoms with Crippen molar-refractivity contribution in [3.05, 3.63) is 65.7 Å². The minimum atomic E-state index is -0.479. The van der Waals surface area contributed by atoms with Gasteiger partial charge in [-0.15, -0.1) is 0 Å². The van der Waals surface area contributed by atoms with Crippen molar-refractivity contribution in [2.24, 2.45) is 0 Å². The van der Waals surface area contributed by atoms with Gasteiger partial charge >= 0.3 is 5.97 Å². The van der Waals surface area contributed by atoms with Crippen molar-refractivity contribution >= 4 is 28.3 Å². The van der Waals surface area contributed by atoms with Crippen LogP contribution in [-0.4, -0.2) is 19.7 Å². The van der Waals surface area contributed by atoms with Crippen molar-refractivity contribution in [1.82, 2.24) is 0 Å². The quantitative estimate of drug-likeness (QED) is 0.506. The summed E-state index contributed by atoms with van der Waals surface area (Å²) in [5, 5.41) is 2.57. The van der Waals surface area contributed by atoms with Crippen LogP contribution in [0.15, 0.2) is 60.7 Å². The Hall–Kier alpha value is -2.72. The number of fused-ring (bicyclic) bond motifs is 1. The number of esters is 1. The summed E-state index contributed by atoms with van der Waals surface area (Å²) in [7, 11) is 1.61. The van der Waals surface area contributed by atoms with Crippen molar-refractivity contribution < 1.29 is 19.0 Å². The monoisotopic (exact) mass is 342 g/mol. The summed E-state index contributed by atoms with van der Waals surface area (Å²) in [6.45, 7) is -0.183. The fourth-order valence-electron chi connectivity index (χ4n) is 2.23. The number of methoxy groups -OCH3 is 1. The normalized spacial score (nSPS) is 10.4. The van der Waals surface area contributed by atoms with Gasteiger partial charge in [0, 0.05) is 5.02 Å². The molecule has 0 unspecified atom stereocenters. The Morgan fingerprint density at radius 3 is 2.21 bits per heavy atom. The first-order valence-electron chi connectivity index (χ1n) is 7.31. The fraction of sp³-hybridized carbons (Fsp3) is 0.105. The zero-order chi connectivity index (χ0) is 16.9. The van der Waals surface area contributed by atoms with E-state index in [1.165, 1.54) is 0 Å². The summed E-state index contributed by atoms with van der Waals surface area (Å²) in [4.78, 5) is 11.9. The predicted molar refractivity (Wildman–Crippen MR) is 93.1 cm³/mol. The van der Waals surface area contributed by atoms with Crippen molar-refractivity contribution in [3.8, 4) is 17.2 Å². The maximum absolute atomic E-state index is 11.9. The molecule has 0 heterocycles. The van der Waals surface area contributed by atoms with Crippen LogP contribution in [0.2, 0.25) is 5.02 Å². The van der Waals surface area contributed by atoms with Crippen molar-refractivity contribution in [2.45, 2.75) is 0 Å². The molecule has 0 saturated carbocycles. The Bertz CT molecular complexity index is 859. The molecule has 0 N–H and O–H groups in total. The van der Waals surface area contributed by atoms with E-state index in [-0.39, 0.29) is 6.61 Å². The molecule has 4 nitrogen and oxygen atoms in total. The van der Waals surface area contributed by atoms with E-state index < -0.39 is 5.97 Å². The SMILES string of the molecule is COc1ccc2ccc(OC(=O)COc3ccc(Cl)cc3)cc2c1. The number of halogens is 1. The second kappa shape index (κ2) is 7.23. The number of hydrogen-bond donors (Lipinski definition) is 0. The Labute approximate surface area is 144 Å². The van der Waals surface area contributed by atoms with E-state index >= 15 is 0 Å². The van der Waals surface area contributed by atoms with Crippen molar-refractivity contribution in [2.75, 3.05) is 13.7 Å². The molecule has 3 aromatic carbocycles. The molecule has 3 rings (SSSR count). The fourth-order valence-corrected chi connectivity index (χ4v) is 2.35. The van der Waals surface area contributed by atoms with Gasteiger partial charge in [-0.1, -0.05) is 23.7 Å². The van der Waals surface area contributed by atoms with Crippen LogP contribution in [0.3, 0.4) is 0 Å². The summed E-state index contributed by atoms with van der Waals surface area (Å²) in [6.07, 6.45) is 0. The van der Waals surface area contributed by atoms with Crippen LogP contribution < -0.4 is 14.2 Å². The van der Waals surface area contributed by atoms with Gasteiger partial charge < -0.3 is 14.2 Å². The smallest absolute Gasteiger partial charge is 0.349 e. The molecule has 0 spiro atoms. The van der Waals surface area contributed by atoms with Crippen LogP contribution >= 0.6 is 11.6 Å². The van der Waals surface area contributed by atoms with Gasteiger partial charge in [0.05, 0.1) is 7.11 Å². The van der Waals surface area contributed by atoms with Crippen LogP contribution in [-0.2, 0) is 4.79 Å². The average Bonchev–Trinajstić information content (AvgIpc) is 2.60. The van der Waals surface area contributed by atoms with E-state index in [4.69, 9.17) is 25.8 Å². The Balaban J connectivity index is 1.65. The molecule has 0 aliphatic rings. The summed E-state index contributed by atoms with van der Waals surface area (Å²) in [6, 6.07) is 17.9. The minimum Gasteiger partial charge on any atom is -0.497 e. The lowest BCUT2D eigenvalue weighted by Crippen LogP contribution is -2.17. The van der Waals surface area contributed by atoms with Crippen LogP contribution in [0.1, 0.15) is 0 Å². The van der Waals surface area contributed by atoms with Crippen LogP contribution in [0.25, 0.3) is 10.8 Å². The standard InChI is InChI=1S/C19H15ClO4/c1-22-17-6-2-13-3-7-18(11-14(13)10-17)24-19(21)12-23-16-8-4-15(20)5-9-16/h2-11H,12H2,1H3. The zero-order valence-corrected chi connectivity index (χ0v) is 13.7. The number of carbonyl (C=O) groups is 1. The Morgan fingerprint density at radius 2 is 1.50 bits per heavy atom. The molecule has 0 bridgehead atoms. The molecule has 0 amide bonds. The summed E-state index contributed by atoms with van der Waals surface area (Å²) in [5.41, 5.74) is 0. The molecule has 3 aromatic rings. The maximum Gasteiger partial charge on any atom is 0.349 e. The topological polar surface area (TPSA) is 44.8 Å². The molecular weight excluding hydrogens is 328 g/mol. The van der Waals surface area contributed by atoms with Crippen LogP contribution in [0.4, 0.5) is 0 Å². The second-order valence-electron chi connectivity index (χ2n) is 5.09. The van der Waals surface area contributed by atoms with Gasteiger partial charge in [0.1, 0.15) is 17.2 Å². The lowest BCUT2D eigenvalue weighted by atomic mass is 10.1. The number of rotatable bonds is 5. The molecule has 0 aliphatic carbocycles. The van der Waals surface area contributed by atoms with Crippen molar-refractivity contribution in [3.63, 3.8) is 0 Å². The first kappa shape index (κ1) is 16.1. The van der Waals surface area contributed by atoms with Crippen molar-refractivity contribution in [1.29, 1.82) is 0 Å². The highest BCUT2D eigenvalue weighted by molar-refractivity contribution is 6.30. The number of ether oxygens (including phenoxy) is 3. The number of hydrogen-bond acceptors (Lipinski definition) is 4. The van der Waals surface area contributed by atoms with E-state index in [2.05, 4.69) is 0 Å². The third-order valence-corrected chi connectivity index (χ3v) is 3.67. The molecule has 0 fully saturated rings. The largest absolute Gasteiger partial charge is 0.497 e. The van der Waals surface area contributed by atoms with Gasteiger partial charge in [0.2, 0.25) is 0 Å². The van der Waals surface area contributed by atoms with Gasteiger partial charge in [0.25, 0.3) is 0 Å². The Kier molecular flexibility index (Phi) is 4.87. The van der Waals surface area contributed by atoms with Gasteiger partial charge in [0.15, 0.2) is 6.61 Å². The summed E-state index contributed by atoms with van der Waals surface area (Å²) >= 11 is 5.79. The van der Waals surface area contributed by atoms with E-state index in [9.17, 15) is 4.79 Å². The first-order valence-corrected chi connectivity index (χ1v) is 7.69. The summed E-state index contributed by atoms with van der Waals surface area (Å²) in [5.74, 6) is 1.28. The van der Waals surface area contributed by atoms with Crippen LogP contribution in [0.5, 0.6) is 17.2 Å². The third-order valence-electron chi connectivity index (χ3n) is 3.42. The van der Waals surface area contributed by atoms with Gasteiger partial charge in [-0.3, -0.25) is 0 Å². The van der Waals surface area contributed by atoms with Gasteiger partial charge in [-0.05, 0) is 59.3 Å². The van der Waals surface area contributed by atoms with Gasteiger partial charge in [-0.25, -0.2) is 4.79 Å². The van der Waals surface area contributed by atoms with E-state index in [0.29, 0.717) is 16.5 Å². The second-order valence-corrected chi connectivity index (χ2v) is 5.53. The molecule has 122 valence electrons. The van der Waals surface area contributed by atoms with Gasteiger partial charge in [-0.2, -0.15) is 0 Å². The molecule has 24 heavy (non-hydrogen) atoms. The molecule has 0 radical (unpaired) electrons. The van der Waals surface area contributed by atoms with Crippen LogP contribution in [0, 0.1) is 0 Å². The molecule has 0 aromatic heterocycles.